The Bertz CT molecular complexity index is 304. The number of ether oxygens (including phenoxy) is 1. The van der Waals surface area contributed by atoms with Crippen molar-refractivity contribution in [1.29, 1.82) is 0 Å². The Morgan fingerprint density at radius 1 is 1.29 bits per heavy atom. The van der Waals surface area contributed by atoms with Crippen molar-refractivity contribution in [2.24, 2.45) is 11.8 Å². The summed E-state index contributed by atoms with van der Waals surface area (Å²) < 4.78 is 5.07. The van der Waals surface area contributed by atoms with Crippen molar-refractivity contribution in [2.75, 3.05) is 26.3 Å². The van der Waals surface area contributed by atoms with Crippen LogP contribution in [0.4, 0.5) is 0 Å². The largest absolute Gasteiger partial charge is 0.481 e. The SMILES string of the molecule is O=C(CNCC1CC1)NC1COCC1C(=O)O. The van der Waals surface area contributed by atoms with E-state index in [1.165, 1.54) is 12.8 Å². The number of hydrogen-bond acceptors (Lipinski definition) is 4. The van der Waals surface area contributed by atoms with Gasteiger partial charge in [-0.2, -0.15) is 0 Å². The first-order valence-electron chi connectivity index (χ1n) is 5.97. The number of rotatable bonds is 6. The molecule has 1 saturated carbocycles. The van der Waals surface area contributed by atoms with Gasteiger partial charge < -0.3 is 20.5 Å². The maximum Gasteiger partial charge on any atom is 0.311 e. The van der Waals surface area contributed by atoms with E-state index in [1.807, 2.05) is 0 Å². The average Bonchev–Trinajstić information content (AvgIpc) is 2.96. The molecule has 6 nitrogen and oxygen atoms in total. The Hall–Kier alpha value is -1.14. The minimum atomic E-state index is -0.918. The van der Waals surface area contributed by atoms with Gasteiger partial charge >= 0.3 is 5.97 Å². The third-order valence-electron chi connectivity index (χ3n) is 3.16. The Morgan fingerprint density at radius 2 is 2.06 bits per heavy atom. The second-order valence-electron chi connectivity index (χ2n) is 4.73. The smallest absolute Gasteiger partial charge is 0.311 e. The molecule has 2 atom stereocenters. The van der Waals surface area contributed by atoms with Crippen molar-refractivity contribution >= 4 is 11.9 Å². The fraction of sp³-hybridized carbons (Fsp3) is 0.818. The molecule has 96 valence electrons. The number of hydrogen-bond donors (Lipinski definition) is 3. The van der Waals surface area contributed by atoms with Crippen LogP contribution >= 0.6 is 0 Å². The van der Waals surface area contributed by atoms with Crippen LogP contribution in [-0.4, -0.2) is 49.3 Å². The first kappa shape index (κ1) is 12.3. The first-order valence-corrected chi connectivity index (χ1v) is 5.97. The Labute approximate surface area is 99.7 Å². The van der Waals surface area contributed by atoms with E-state index in [9.17, 15) is 9.59 Å². The van der Waals surface area contributed by atoms with Gasteiger partial charge in [-0.1, -0.05) is 0 Å². The number of nitrogens with one attached hydrogen (secondary N) is 2. The van der Waals surface area contributed by atoms with Crippen LogP contribution in [0, 0.1) is 11.8 Å². The number of carbonyl (C=O) groups is 2. The molecule has 0 aromatic heterocycles. The highest BCUT2D eigenvalue weighted by Gasteiger charge is 2.34. The zero-order chi connectivity index (χ0) is 12.3. The summed E-state index contributed by atoms with van der Waals surface area (Å²) in [6.07, 6.45) is 2.48. The molecule has 2 unspecified atom stereocenters. The van der Waals surface area contributed by atoms with E-state index in [1.54, 1.807) is 0 Å². The monoisotopic (exact) mass is 242 g/mol. The number of amides is 1. The lowest BCUT2D eigenvalue weighted by molar-refractivity contribution is -0.142. The van der Waals surface area contributed by atoms with Gasteiger partial charge in [0.05, 0.1) is 25.8 Å². The van der Waals surface area contributed by atoms with Crippen LogP contribution in [0.15, 0.2) is 0 Å². The number of aliphatic carboxylic acids is 1. The van der Waals surface area contributed by atoms with E-state index < -0.39 is 17.9 Å². The fourth-order valence-electron chi connectivity index (χ4n) is 1.91. The lowest BCUT2D eigenvalue weighted by atomic mass is 10.0. The molecule has 1 amide bonds. The van der Waals surface area contributed by atoms with Crippen molar-refractivity contribution < 1.29 is 19.4 Å². The van der Waals surface area contributed by atoms with Crippen molar-refractivity contribution in [2.45, 2.75) is 18.9 Å². The van der Waals surface area contributed by atoms with Crippen LogP contribution in [0.25, 0.3) is 0 Å². The molecule has 6 heteroatoms. The molecule has 2 fully saturated rings. The lowest BCUT2D eigenvalue weighted by Gasteiger charge is -2.15. The van der Waals surface area contributed by atoms with Gasteiger partial charge in [-0.25, -0.2) is 0 Å². The molecule has 1 aliphatic carbocycles. The molecule has 0 aromatic carbocycles. The minimum absolute atomic E-state index is 0.160. The summed E-state index contributed by atoms with van der Waals surface area (Å²) in [6, 6.07) is -0.400. The summed E-state index contributed by atoms with van der Waals surface area (Å²) >= 11 is 0. The number of carbonyl (C=O) groups excluding carboxylic acids is 1. The summed E-state index contributed by atoms with van der Waals surface area (Å²) in [6.45, 7) is 1.58. The average molecular weight is 242 g/mol. The zero-order valence-corrected chi connectivity index (χ0v) is 9.65. The topological polar surface area (TPSA) is 87.7 Å². The highest BCUT2D eigenvalue weighted by atomic mass is 16.5. The van der Waals surface area contributed by atoms with Crippen LogP contribution < -0.4 is 10.6 Å². The maximum absolute atomic E-state index is 11.5. The molecule has 0 aromatic rings. The molecule has 1 aliphatic heterocycles. The van der Waals surface area contributed by atoms with Crippen molar-refractivity contribution in [1.82, 2.24) is 10.6 Å². The highest BCUT2D eigenvalue weighted by molar-refractivity contribution is 5.80. The van der Waals surface area contributed by atoms with Gasteiger partial charge in [0.15, 0.2) is 0 Å². The molecule has 2 aliphatic rings. The lowest BCUT2D eigenvalue weighted by Crippen LogP contribution is -2.46. The van der Waals surface area contributed by atoms with Crippen LogP contribution in [0.1, 0.15) is 12.8 Å². The summed E-state index contributed by atoms with van der Waals surface area (Å²) in [4.78, 5) is 22.4. The Morgan fingerprint density at radius 3 is 2.71 bits per heavy atom. The van der Waals surface area contributed by atoms with Crippen molar-refractivity contribution in [3.05, 3.63) is 0 Å². The van der Waals surface area contributed by atoms with Crippen LogP contribution in [-0.2, 0) is 14.3 Å². The van der Waals surface area contributed by atoms with Crippen molar-refractivity contribution in [3.8, 4) is 0 Å². The van der Waals surface area contributed by atoms with E-state index in [2.05, 4.69) is 10.6 Å². The summed E-state index contributed by atoms with van der Waals surface area (Å²) in [5.41, 5.74) is 0. The second-order valence-corrected chi connectivity index (χ2v) is 4.73. The van der Waals surface area contributed by atoms with E-state index in [0.717, 1.165) is 12.5 Å². The predicted molar refractivity (Wildman–Crippen MR) is 59.5 cm³/mol. The van der Waals surface area contributed by atoms with Gasteiger partial charge in [0.1, 0.15) is 5.92 Å². The first-order chi connectivity index (χ1) is 8.16. The molecular formula is C11H18N2O4. The molecular weight excluding hydrogens is 224 g/mol. The Balaban J connectivity index is 1.67. The molecule has 1 saturated heterocycles. The second kappa shape index (κ2) is 5.46. The van der Waals surface area contributed by atoms with Crippen molar-refractivity contribution in [3.63, 3.8) is 0 Å². The molecule has 0 radical (unpaired) electrons. The van der Waals surface area contributed by atoms with Crippen LogP contribution in [0.2, 0.25) is 0 Å². The summed E-state index contributed by atoms with van der Waals surface area (Å²) in [7, 11) is 0. The van der Waals surface area contributed by atoms with Gasteiger partial charge in [0, 0.05) is 0 Å². The highest BCUT2D eigenvalue weighted by Crippen LogP contribution is 2.27. The van der Waals surface area contributed by atoms with Gasteiger partial charge in [-0.05, 0) is 25.3 Å². The van der Waals surface area contributed by atoms with Crippen LogP contribution in [0.5, 0.6) is 0 Å². The van der Waals surface area contributed by atoms with Crippen LogP contribution in [0.3, 0.4) is 0 Å². The van der Waals surface area contributed by atoms with E-state index >= 15 is 0 Å². The molecule has 0 spiro atoms. The standard InChI is InChI=1S/C11H18N2O4/c14-10(4-12-3-7-1-2-7)13-9-6-17-5-8(9)11(15)16/h7-9,12H,1-6H2,(H,13,14)(H,15,16). The summed E-state index contributed by atoms with van der Waals surface area (Å²) in [5, 5.41) is 14.7. The van der Waals surface area contributed by atoms with Gasteiger partial charge in [-0.3, -0.25) is 9.59 Å². The fourth-order valence-corrected chi connectivity index (χ4v) is 1.91. The normalized spacial score (nSPS) is 28.0. The molecule has 3 N–H and O–H groups in total. The van der Waals surface area contributed by atoms with E-state index in [0.29, 0.717) is 0 Å². The molecule has 1 heterocycles. The summed E-state index contributed by atoms with van der Waals surface area (Å²) in [5.74, 6) is -0.974. The van der Waals surface area contributed by atoms with Gasteiger partial charge in [0.25, 0.3) is 0 Å². The number of carboxylic acids is 1. The van der Waals surface area contributed by atoms with E-state index in [-0.39, 0.29) is 25.7 Å². The Kier molecular flexibility index (Phi) is 3.96. The predicted octanol–water partition coefficient (Wildman–Crippen LogP) is -0.798. The number of carboxylic acid groups (broad SMARTS) is 1. The van der Waals surface area contributed by atoms with Gasteiger partial charge in [0.2, 0.25) is 5.91 Å². The third-order valence-corrected chi connectivity index (χ3v) is 3.16. The molecule has 2 rings (SSSR count). The quantitative estimate of drug-likeness (QED) is 0.567. The third kappa shape index (κ3) is 3.67. The van der Waals surface area contributed by atoms with E-state index in [4.69, 9.17) is 9.84 Å². The van der Waals surface area contributed by atoms with Gasteiger partial charge in [-0.15, -0.1) is 0 Å². The minimum Gasteiger partial charge on any atom is -0.481 e. The zero-order valence-electron chi connectivity index (χ0n) is 9.65. The molecule has 0 bridgehead atoms. The maximum atomic E-state index is 11.5. The molecule has 17 heavy (non-hydrogen) atoms.